The van der Waals surface area contributed by atoms with Crippen LogP contribution in [0.5, 0.6) is 0 Å². The summed E-state index contributed by atoms with van der Waals surface area (Å²) in [5.74, 6) is 0.384. The molecule has 1 aliphatic carbocycles. The molecule has 0 radical (unpaired) electrons. The largest absolute Gasteiger partial charge is 0.350 e. The molecule has 1 aromatic heterocycles. The Bertz CT molecular complexity index is 369. The van der Waals surface area contributed by atoms with Crippen molar-refractivity contribution < 1.29 is 4.79 Å². The molecule has 0 spiro atoms. The molecule has 0 saturated heterocycles. The molecule has 0 aliphatic heterocycles. The average Bonchev–Trinajstić information content (AvgIpc) is 2.39. The van der Waals surface area contributed by atoms with Crippen molar-refractivity contribution in [2.75, 3.05) is 0 Å². The van der Waals surface area contributed by atoms with Crippen molar-refractivity contribution in [1.82, 2.24) is 15.5 Å². The van der Waals surface area contributed by atoms with Gasteiger partial charge >= 0.3 is 0 Å². The SMILES string of the molecule is Cc1ccc(CNC(=O)C2CCCCC2)nn1. The van der Waals surface area contributed by atoms with Gasteiger partial charge in [-0.2, -0.15) is 10.2 Å². The Kier molecular flexibility index (Phi) is 4.07. The highest BCUT2D eigenvalue weighted by molar-refractivity contribution is 5.78. The van der Waals surface area contributed by atoms with Gasteiger partial charge in [0.05, 0.1) is 17.9 Å². The van der Waals surface area contributed by atoms with Crippen LogP contribution in [0, 0.1) is 12.8 Å². The number of nitrogens with one attached hydrogen (secondary N) is 1. The summed E-state index contributed by atoms with van der Waals surface area (Å²) in [6, 6.07) is 3.82. The Hall–Kier alpha value is -1.45. The topological polar surface area (TPSA) is 54.9 Å². The molecular formula is C13H19N3O. The maximum atomic E-state index is 11.9. The molecule has 1 aromatic rings. The van der Waals surface area contributed by atoms with E-state index in [0.29, 0.717) is 6.54 Å². The van der Waals surface area contributed by atoms with E-state index in [2.05, 4.69) is 15.5 Å². The van der Waals surface area contributed by atoms with Gasteiger partial charge in [-0.15, -0.1) is 0 Å². The van der Waals surface area contributed by atoms with Crippen LogP contribution >= 0.6 is 0 Å². The lowest BCUT2D eigenvalue weighted by atomic mass is 9.89. The molecule has 2 rings (SSSR count). The van der Waals surface area contributed by atoms with Crippen LogP contribution in [0.4, 0.5) is 0 Å². The van der Waals surface area contributed by atoms with Crippen molar-refractivity contribution in [3.63, 3.8) is 0 Å². The third kappa shape index (κ3) is 3.51. The molecule has 17 heavy (non-hydrogen) atoms. The van der Waals surface area contributed by atoms with Crippen LogP contribution in [0.1, 0.15) is 43.5 Å². The van der Waals surface area contributed by atoms with Crippen molar-refractivity contribution >= 4 is 5.91 Å². The van der Waals surface area contributed by atoms with Crippen molar-refractivity contribution in [2.24, 2.45) is 5.92 Å². The summed E-state index contributed by atoms with van der Waals surface area (Å²) in [4.78, 5) is 11.9. The number of aromatic nitrogens is 2. The van der Waals surface area contributed by atoms with E-state index in [1.807, 2.05) is 19.1 Å². The zero-order valence-electron chi connectivity index (χ0n) is 10.3. The number of hydrogen-bond acceptors (Lipinski definition) is 3. The van der Waals surface area contributed by atoms with E-state index in [-0.39, 0.29) is 11.8 Å². The number of amides is 1. The quantitative estimate of drug-likeness (QED) is 0.868. The Balaban J connectivity index is 1.81. The minimum atomic E-state index is 0.173. The Morgan fingerprint density at radius 3 is 2.71 bits per heavy atom. The summed E-state index contributed by atoms with van der Waals surface area (Å²) < 4.78 is 0. The predicted octanol–water partition coefficient (Wildman–Crippen LogP) is 1.98. The molecule has 92 valence electrons. The van der Waals surface area contributed by atoms with Crippen LogP contribution in [-0.4, -0.2) is 16.1 Å². The highest BCUT2D eigenvalue weighted by Crippen LogP contribution is 2.23. The van der Waals surface area contributed by atoms with Crippen LogP contribution in [0.2, 0.25) is 0 Å². The minimum Gasteiger partial charge on any atom is -0.350 e. The highest BCUT2D eigenvalue weighted by Gasteiger charge is 2.20. The zero-order valence-corrected chi connectivity index (χ0v) is 10.3. The molecule has 4 nitrogen and oxygen atoms in total. The van der Waals surface area contributed by atoms with Gasteiger partial charge in [0.15, 0.2) is 0 Å². The van der Waals surface area contributed by atoms with Gasteiger partial charge in [-0.05, 0) is 31.9 Å². The van der Waals surface area contributed by atoms with Gasteiger partial charge in [0.2, 0.25) is 5.91 Å². The maximum Gasteiger partial charge on any atom is 0.223 e. The van der Waals surface area contributed by atoms with Crippen LogP contribution in [-0.2, 0) is 11.3 Å². The lowest BCUT2D eigenvalue weighted by Crippen LogP contribution is -2.31. The molecule has 0 unspecified atom stereocenters. The summed E-state index contributed by atoms with van der Waals surface area (Å²) in [5, 5.41) is 10.9. The third-order valence-electron chi connectivity index (χ3n) is 3.27. The van der Waals surface area contributed by atoms with Crippen LogP contribution < -0.4 is 5.32 Å². The van der Waals surface area contributed by atoms with Crippen LogP contribution in [0.3, 0.4) is 0 Å². The van der Waals surface area contributed by atoms with Crippen molar-refractivity contribution in [3.05, 3.63) is 23.5 Å². The van der Waals surface area contributed by atoms with Crippen molar-refractivity contribution in [1.29, 1.82) is 0 Å². The molecule has 1 amide bonds. The molecular weight excluding hydrogens is 214 g/mol. The Morgan fingerprint density at radius 2 is 2.06 bits per heavy atom. The smallest absolute Gasteiger partial charge is 0.223 e. The van der Waals surface area contributed by atoms with Gasteiger partial charge in [-0.25, -0.2) is 0 Å². The molecule has 4 heteroatoms. The Morgan fingerprint density at radius 1 is 1.29 bits per heavy atom. The monoisotopic (exact) mass is 233 g/mol. The molecule has 1 saturated carbocycles. The maximum absolute atomic E-state index is 11.9. The average molecular weight is 233 g/mol. The molecule has 1 aliphatic rings. The summed E-state index contributed by atoms with van der Waals surface area (Å²) in [5.41, 5.74) is 1.71. The fraction of sp³-hybridized carbons (Fsp3) is 0.615. The molecule has 1 fully saturated rings. The fourth-order valence-corrected chi connectivity index (χ4v) is 2.21. The number of aryl methyl sites for hydroxylation is 1. The van der Waals surface area contributed by atoms with Gasteiger partial charge in [0, 0.05) is 5.92 Å². The first kappa shape index (κ1) is 12.0. The van der Waals surface area contributed by atoms with Gasteiger partial charge in [0.25, 0.3) is 0 Å². The Labute approximate surface area is 102 Å². The second-order valence-corrected chi connectivity index (χ2v) is 4.72. The van der Waals surface area contributed by atoms with Gasteiger partial charge in [-0.3, -0.25) is 4.79 Å². The fourth-order valence-electron chi connectivity index (χ4n) is 2.21. The van der Waals surface area contributed by atoms with E-state index in [0.717, 1.165) is 24.2 Å². The van der Waals surface area contributed by atoms with Gasteiger partial charge in [-0.1, -0.05) is 19.3 Å². The number of nitrogens with zero attached hydrogens (tertiary/aromatic N) is 2. The molecule has 0 aromatic carbocycles. The molecule has 0 bridgehead atoms. The van der Waals surface area contributed by atoms with Crippen molar-refractivity contribution in [2.45, 2.75) is 45.6 Å². The van der Waals surface area contributed by atoms with E-state index in [9.17, 15) is 4.79 Å². The predicted molar refractivity (Wildman–Crippen MR) is 65.2 cm³/mol. The number of rotatable bonds is 3. The standard InChI is InChI=1S/C13H19N3O/c1-10-7-8-12(16-15-10)9-14-13(17)11-5-3-2-4-6-11/h7-8,11H,2-6,9H2,1H3,(H,14,17). The molecule has 1 heterocycles. The summed E-state index contributed by atoms with van der Waals surface area (Å²) >= 11 is 0. The minimum absolute atomic E-state index is 0.173. The summed E-state index contributed by atoms with van der Waals surface area (Å²) in [7, 11) is 0. The van der Waals surface area contributed by atoms with Crippen LogP contribution in [0.15, 0.2) is 12.1 Å². The first-order valence-electron chi connectivity index (χ1n) is 6.32. The molecule has 0 atom stereocenters. The van der Waals surface area contributed by atoms with E-state index in [1.54, 1.807) is 0 Å². The zero-order chi connectivity index (χ0) is 12.1. The number of carbonyl (C=O) groups excluding carboxylic acids is 1. The first-order chi connectivity index (χ1) is 8.25. The van der Waals surface area contributed by atoms with E-state index >= 15 is 0 Å². The third-order valence-corrected chi connectivity index (χ3v) is 3.27. The second kappa shape index (κ2) is 5.75. The van der Waals surface area contributed by atoms with Gasteiger partial charge in [0.1, 0.15) is 0 Å². The van der Waals surface area contributed by atoms with E-state index < -0.39 is 0 Å². The first-order valence-corrected chi connectivity index (χ1v) is 6.32. The van der Waals surface area contributed by atoms with Gasteiger partial charge < -0.3 is 5.32 Å². The highest BCUT2D eigenvalue weighted by atomic mass is 16.1. The van der Waals surface area contributed by atoms with E-state index in [1.165, 1.54) is 19.3 Å². The lowest BCUT2D eigenvalue weighted by molar-refractivity contribution is -0.126. The number of carbonyl (C=O) groups is 1. The second-order valence-electron chi connectivity index (χ2n) is 4.72. The lowest BCUT2D eigenvalue weighted by Gasteiger charge is -2.20. The summed E-state index contributed by atoms with van der Waals surface area (Å²) in [6.07, 6.45) is 5.70. The van der Waals surface area contributed by atoms with Crippen molar-refractivity contribution in [3.8, 4) is 0 Å². The van der Waals surface area contributed by atoms with Crippen LogP contribution in [0.25, 0.3) is 0 Å². The van der Waals surface area contributed by atoms with E-state index in [4.69, 9.17) is 0 Å². The number of hydrogen-bond donors (Lipinski definition) is 1. The summed E-state index contributed by atoms with van der Waals surface area (Å²) in [6.45, 7) is 2.39. The normalized spacial score (nSPS) is 16.8. The molecule has 1 N–H and O–H groups in total.